The SMILES string of the molecule is COC[C@@H](C)NC(=O)c1ccc2c(c1)CCCN2S(C)(=O)=O. The number of nitrogens with zero attached hydrogens (tertiary/aromatic N) is 1. The maximum absolute atomic E-state index is 12.2. The van der Waals surface area contributed by atoms with Gasteiger partial charge in [-0.05, 0) is 43.5 Å². The monoisotopic (exact) mass is 326 g/mol. The van der Waals surface area contributed by atoms with Gasteiger partial charge in [0.1, 0.15) is 0 Å². The van der Waals surface area contributed by atoms with E-state index in [-0.39, 0.29) is 11.9 Å². The zero-order valence-corrected chi connectivity index (χ0v) is 13.9. The van der Waals surface area contributed by atoms with Gasteiger partial charge >= 0.3 is 0 Å². The minimum atomic E-state index is -3.28. The van der Waals surface area contributed by atoms with Crippen molar-refractivity contribution >= 4 is 21.6 Å². The van der Waals surface area contributed by atoms with E-state index in [1.807, 2.05) is 6.92 Å². The van der Waals surface area contributed by atoms with Crippen molar-refractivity contribution < 1.29 is 17.9 Å². The summed E-state index contributed by atoms with van der Waals surface area (Å²) in [6.07, 6.45) is 2.73. The number of rotatable bonds is 5. The van der Waals surface area contributed by atoms with Crippen LogP contribution in [-0.2, 0) is 21.2 Å². The van der Waals surface area contributed by atoms with Crippen LogP contribution in [0.25, 0.3) is 0 Å². The summed E-state index contributed by atoms with van der Waals surface area (Å²) < 4.78 is 30.0. The molecule has 1 atom stereocenters. The van der Waals surface area contributed by atoms with E-state index >= 15 is 0 Å². The summed E-state index contributed by atoms with van der Waals surface area (Å²) in [5.41, 5.74) is 2.11. The number of benzene rings is 1. The zero-order valence-electron chi connectivity index (χ0n) is 13.1. The van der Waals surface area contributed by atoms with Crippen LogP contribution in [0.5, 0.6) is 0 Å². The van der Waals surface area contributed by atoms with Crippen LogP contribution >= 0.6 is 0 Å². The molecule has 1 amide bonds. The third-order valence-corrected chi connectivity index (χ3v) is 4.79. The van der Waals surface area contributed by atoms with E-state index in [0.717, 1.165) is 18.4 Å². The molecule has 0 fully saturated rings. The molecule has 6 nitrogen and oxygen atoms in total. The number of nitrogens with one attached hydrogen (secondary N) is 1. The van der Waals surface area contributed by atoms with Crippen LogP contribution in [0.2, 0.25) is 0 Å². The van der Waals surface area contributed by atoms with Crippen LogP contribution in [0.4, 0.5) is 5.69 Å². The largest absolute Gasteiger partial charge is 0.383 e. The fourth-order valence-corrected chi connectivity index (χ4v) is 3.64. The van der Waals surface area contributed by atoms with Crippen molar-refractivity contribution in [3.63, 3.8) is 0 Å². The van der Waals surface area contributed by atoms with Crippen molar-refractivity contribution in [1.29, 1.82) is 0 Å². The fourth-order valence-electron chi connectivity index (χ4n) is 2.65. The molecule has 122 valence electrons. The first-order valence-electron chi connectivity index (χ1n) is 7.23. The maximum Gasteiger partial charge on any atom is 0.251 e. The average molecular weight is 326 g/mol. The molecule has 0 aliphatic carbocycles. The average Bonchev–Trinajstić information content (AvgIpc) is 2.45. The van der Waals surface area contributed by atoms with E-state index in [2.05, 4.69) is 5.32 Å². The number of methoxy groups -OCH3 is 1. The second kappa shape index (κ2) is 6.66. The number of carbonyl (C=O) groups is 1. The van der Waals surface area contributed by atoms with Crippen molar-refractivity contribution in [1.82, 2.24) is 5.32 Å². The molecule has 1 N–H and O–H groups in total. The molecule has 0 saturated heterocycles. The summed E-state index contributed by atoms with van der Waals surface area (Å²) in [5.74, 6) is -0.177. The van der Waals surface area contributed by atoms with Gasteiger partial charge in [-0.15, -0.1) is 0 Å². The lowest BCUT2D eigenvalue weighted by Crippen LogP contribution is -2.36. The molecule has 0 unspecified atom stereocenters. The smallest absolute Gasteiger partial charge is 0.251 e. The number of amides is 1. The molecular weight excluding hydrogens is 304 g/mol. The van der Waals surface area contributed by atoms with Gasteiger partial charge in [-0.1, -0.05) is 0 Å². The zero-order chi connectivity index (χ0) is 16.3. The van der Waals surface area contributed by atoms with Crippen LogP contribution < -0.4 is 9.62 Å². The molecule has 1 heterocycles. The van der Waals surface area contributed by atoms with E-state index in [9.17, 15) is 13.2 Å². The molecule has 0 aromatic heterocycles. The quantitative estimate of drug-likeness (QED) is 0.881. The predicted molar refractivity (Wildman–Crippen MR) is 85.8 cm³/mol. The summed E-state index contributed by atoms with van der Waals surface area (Å²) in [7, 11) is -1.70. The topological polar surface area (TPSA) is 75.7 Å². The number of hydrogen-bond donors (Lipinski definition) is 1. The van der Waals surface area contributed by atoms with E-state index < -0.39 is 10.0 Å². The van der Waals surface area contributed by atoms with Gasteiger partial charge in [-0.2, -0.15) is 0 Å². The Morgan fingerprint density at radius 2 is 2.18 bits per heavy atom. The van der Waals surface area contributed by atoms with Crippen molar-refractivity contribution in [2.75, 3.05) is 30.8 Å². The summed E-state index contributed by atoms with van der Waals surface area (Å²) in [5, 5.41) is 2.85. The van der Waals surface area contributed by atoms with Gasteiger partial charge in [0.05, 0.1) is 18.6 Å². The Hall–Kier alpha value is -1.60. The lowest BCUT2D eigenvalue weighted by Gasteiger charge is -2.29. The Bertz CT molecular complexity index is 658. The van der Waals surface area contributed by atoms with Crippen molar-refractivity contribution in [3.05, 3.63) is 29.3 Å². The van der Waals surface area contributed by atoms with Crippen molar-refractivity contribution in [2.24, 2.45) is 0 Å². The maximum atomic E-state index is 12.2. The van der Waals surface area contributed by atoms with Gasteiger partial charge in [0.25, 0.3) is 5.91 Å². The summed E-state index contributed by atoms with van der Waals surface area (Å²) in [6, 6.07) is 5.07. The second-order valence-corrected chi connectivity index (χ2v) is 7.52. The summed E-state index contributed by atoms with van der Waals surface area (Å²) in [4.78, 5) is 12.2. The third-order valence-electron chi connectivity index (χ3n) is 3.61. The molecular formula is C15H22N2O4S. The Labute approximate surface area is 131 Å². The fraction of sp³-hybridized carbons (Fsp3) is 0.533. The lowest BCUT2D eigenvalue weighted by molar-refractivity contribution is 0.0905. The molecule has 0 bridgehead atoms. The van der Waals surface area contributed by atoms with Crippen LogP contribution in [-0.4, -0.2) is 46.9 Å². The van der Waals surface area contributed by atoms with Crippen LogP contribution in [0.1, 0.15) is 29.3 Å². The van der Waals surface area contributed by atoms with E-state index in [0.29, 0.717) is 24.4 Å². The number of hydrogen-bond acceptors (Lipinski definition) is 4. The van der Waals surface area contributed by atoms with Gasteiger partial charge in [0, 0.05) is 25.3 Å². The Balaban J connectivity index is 2.23. The molecule has 1 aliphatic rings. The van der Waals surface area contributed by atoms with Crippen molar-refractivity contribution in [3.8, 4) is 0 Å². The Morgan fingerprint density at radius 1 is 1.45 bits per heavy atom. The molecule has 1 aliphatic heterocycles. The number of aryl methyl sites for hydroxylation is 1. The normalized spacial score (nSPS) is 16.0. The summed E-state index contributed by atoms with van der Waals surface area (Å²) >= 11 is 0. The first kappa shape index (κ1) is 16.8. The third kappa shape index (κ3) is 3.78. The van der Waals surface area contributed by atoms with Crippen molar-refractivity contribution in [2.45, 2.75) is 25.8 Å². The molecule has 22 heavy (non-hydrogen) atoms. The van der Waals surface area contributed by atoms with Crippen LogP contribution in [0.3, 0.4) is 0 Å². The van der Waals surface area contributed by atoms with E-state index in [1.165, 1.54) is 10.6 Å². The highest BCUT2D eigenvalue weighted by atomic mass is 32.2. The van der Waals surface area contributed by atoms with Gasteiger partial charge in [0.15, 0.2) is 0 Å². The Kier molecular flexibility index (Phi) is 5.08. The number of sulfonamides is 1. The summed E-state index contributed by atoms with van der Waals surface area (Å²) in [6.45, 7) is 2.80. The highest BCUT2D eigenvalue weighted by molar-refractivity contribution is 7.92. The predicted octanol–water partition coefficient (Wildman–Crippen LogP) is 1.16. The van der Waals surface area contributed by atoms with Gasteiger partial charge in [-0.25, -0.2) is 8.42 Å². The number of ether oxygens (including phenoxy) is 1. The van der Waals surface area contributed by atoms with Gasteiger partial charge < -0.3 is 10.1 Å². The van der Waals surface area contributed by atoms with Gasteiger partial charge in [0.2, 0.25) is 10.0 Å². The molecule has 1 aromatic rings. The minimum Gasteiger partial charge on any atom is -0.383 e. The molecule has 2 rings (SSSR count). The number of anilines is 1. The molecule has 1 aromatic carbocycles. The number of carbonyl (C=O) groups excluding carboxylic acids is 1. The minimum absolute atomic E-state index is 0.0824. The second-order valence-electron chi connectivity index (χ2n) is 5.61. The lowest BCUT2D eigenvalue weighted by atomic mass is 10.0. The van der Waals surface area contributed by atoms with Crippen LogP contribution in [0.15, 0.2) is 18.2 Å². The highest BCUT2D eigenvalue weighted by Crippen LogP contribution is 2.29. The van der Waals surface area contributed by atoms with E-state index in [4.69, 9.17) is 4.74 Å². The molecule has 7 heteroatoms. The van der Waals surface area contributed by atoms with E-state index in [1.54, 1.807) is 25.3 Å². The van der Waals surface area contributed by atoms with Gasteiger partial charge in [-0.3, -0.25) is 9.10 Å². The standard InChI is InChI=1S/C15H22N2O4S/c1-11(10-21-2)16-15(18)13-6-7-14-12(9-13)5-4-8-17(14)22(3,19)20/h6-7,9,11H,4-5,8,10H2,1-3H3,(H,16,18)/t11-/m1/s1. The first-order valence-corrected chi connectivity index (χ1v) is 9.08. The Morgan fingerprint density at radius 3 is 2.82 bits per heavy atom. The number of fused-ring (bicyclic) bond motifs is 1. The molecule has 0 radical (unpaired) electrons. The molecule has 0 saturated carbocycles. The highest BCUT2D eigenvalue weighted by Gasteiger charge is 2.24. The van der Waals surface area contributed by atoms with Crippen LogP contribution in [0, 0.1) is 0 Å². The first-order chi connectivity index (χ1) is 10.3. The molecule has 0 spiro atoms.